The molecule has 0 fully saturated rings. The molecule has 142 valence electrons. The lowest BCUT2D eigenvalue weighted by atomic mass is 10.1. The smallest absolute Gasteiger partial charge is 0.355 e. The lowest BCUT2D eigenvalue weighted by Crippen LogP contribution is -2.39. The van der Waals surface area contributed by atoms with Gasteiger partial charge in [0.15, 0.2) is 11.5 Å². The first-order valence-electron chi connectivity index (χ1n) is 7.26. The molecule has 1 aromatic rings. The maximum Gasteiger partial charge on any atom is 0.355 e. The summed E-state index contributed by atoms with van der Waals surface area (Å²) in [4.78, 5) is 25.6. The number of anilines is 1. The number of methoxy groups -OCH3 is 4. The Hall–Kier alpha value is -2.33. The van der Waals surface area contributed by atoms with Gasteiger partial charge in [-0.1, -0.05) is 0 Å². The maximum absolute atomic E-state index is 14.7. The van der Waals surface area contributed by atoms with Gasteiger partial charge in [-0.05, 0) is 22.0 Å². The second kappa shape index (κ2) is 8.37. The summed E-state index contributed by atoms with van der Waals surface area (Å²) in [5, 5.41) is 0. The number of esters is 2. The summed E-state index contributed by atoms with van der Waals surface area (Å²) in [5.41, 5.74) is -0.0421. The van der Waals surface area contributed by atoms with Crippen LogP contribution in [0, 0.1) is 5.82 Å². The van der Waals surface area contributed by atoms with Crippen LogP contribution in [0.5, 0.6) is 11.5 Å². The summed E-state index contributed by atoms with van der Waals surface area (Å²) in [6.45, 7) is -0.296. The van der Waals surface area contributed by atoms with E-state index in [0.29, 0.717) is 0 Å². The normalized spacial score (nSPS) is 14.2. The van der Waals surface area contributed by atoms with E-state index in [9.17, 15) is 14.0 Å². The highest BCUT2D eigenvalue weighted by Crippen LogP contribution is 2.43. The molecule has 0 spiro atoms. The van der Waals surface area contributed by atoms with Crippen LogP contribution in [0.3, 0.4) is 0 Å². The van der Waals surface area contributed by atoms with Crippen LogP contribution in [-0.4, -0.2) is 53.7 Å². The summed E-state index contributed by atoms with van der Waals surface area (Å²) in [6.07, 6.45) is 0. The number of carbonyl (C=O) groups excluding carboxylic acids is 2. The number of rotatable bonds is 5. The maximum atomic E-state index is 14.7. The van der Waals surface area contributed by atoms with Crippen molar-refractivity contribution in [2.24, 2.45) is 0 Å². The van der Waals surface area contributed by atoms with E-state index in [1.54, 1.807) is 0 Å². The van der Waals surface area contributed by atoms with Crippen molar-refractivity contribution in [3.05, 3.63) is 27.6 Å². The molecular weight excluding hydrogens is 417 g/mol. The van der Waals surface area contributed by atoms with Crippen LogP contribution in [0.4, 0.5) is 10.1 Å². The number of nitrogens with zero attached hydrogens (tertiary/aromatic N) is 1. The van der Waals surface area contributed by atoms with Gasteiger partial charge in [-0.15, -0.1) is 0 Å². The largest absolute Gasteiger partial charge is 0.492 e. The fourth-order valence-electron chi connectivity index (χ4n) is 2.49. The van der Waals surface area contributed by atoms with E-state index in [-0.39, 0.29) is 46.3 Å². The molecule has 0 atom stereocenters. The highest BCUT2D eigenvalue weighted by molar-refractivity contribution is 9.10. The van der Waals surface area contributed by atoms with E-state index in [1.807, 2.05) is 0 Å². The molecule has 1 aliphatic rings. The summed E-state index contributed by atoms with van der Waals surface area (Å²) in [6, 6.07) is 1.48. The second-order valence-electron chi connectivity index (χ2n) is 4.97. The Morgan fingerprint density at radius 3 is 2.27 bits per heavy atom. The predicted octanol–water partition coefficient (Wildman–Crippen LogP) is 2.00. The molecule has 8 nitrogen and oxygen atoms in total. The predicted molar refractivity (Wildman–Crippen MR) is 91.6 cm³/mol. The number of ether oxygens (including phenoxy) is 5. The third-order valence-electron chi connectivity index (χ3n) is 3.64. The molecule has 1 aliphatic heterocycles. The molecule has 0 amide bonds. The Morgan fingerprint density at radius 1 is 1.12 bits per heavy atom. The van der Waals surface area contributed by atoms with Gasteiger partial charge in [-0.2, -0.15) is 4.39 Å². The van der Waals surface area contributed by atoms with Gasteiger partial charge in [-0.3, -0.25) is 0 Å². The lowest BCUT2D eigenvalue weighted by Gasteiger charge is -2.32. The molecule has 26 heavy (non-hydrogen) atoms. The minimum atomic E-state index is -0.803. The zero-order chi connectivity index (χ0) is 19.4. The van der Waals surface area contributed by atoms with Crippen molar-refractivity contribution >= 4 is 33.6 Å². The molecule has 0 unspecified atom stereocenters. The van der Waals surface area contributed by atoms with Gasteiger partial charge in [-0.25, -0.2) is 9.59 Å². The molecule has 0 saturated carbocycles. The highest BCUT2D eigenvalue weighted by atomic mass is 79.9. The van der Waals surface area contributed by atoms with Gasteiger partial charge >= 0.3 is 11.9 Å². The van der Waals surface area contributed by atoms with Gasteiger partial charge in [0.1, 0.15) is 12.4 Å². The first-order valence-corrected chi connectivity index (χ1v) is 8.05. The molecule has 0 aromatic heterocycles. The van der Waals surface area contributed by atoms with E-state index in [0.717, 1.165) is 0 Å². The highest BCUT2D eigenvalue weighted by Gasteiger charge is 2.35. The fraction of sp³-hybridized carbons (Fsp3) is 0.375. The number of benzene rings is 1. The molecule has 1 aromatic carbocycles. The SMILES string of the molecule is COC(=O)C1=C(C(=O)OC)N(c2cc(Br)c(OC)c(F)c2OC)COC1. The van der Waals surface area contributed by atoms with Crippen LogP contribution < -0.4 is 14.4 Å². The van der Waals surface area contributed by atoms with Crippen LogP contribution in [0.1, 0.15) is 0 Å². The quantitative estimate of drug-likeness (QED) is 0.651. The van der Waals surface area contributed by atoms with Crippen molar-refractivity contribution in [3.8, 4) is 11.5 Å². The minimum Gasteiger partial charge on any atom is -0.492 e. The Kier molecular flexibility index (Phi) is 6.43. The molecule has 1 heterocycles. The standard InChI is InChI=1S/C16H17BrFNO7/c1-22-13-9(17)5-10(14(23-2)11(13)18)19-7-26-6-8(15(20)24-3)12(19)16(21)25-4/h5H,6-7H2,1-4H3. The topological polar surface area (TPSA) is 83.5 Å². The monoisotopic (exact) mass is 433 g/mol. The van der Waals surface area contributed by atoms with Crippen molar-refractivity contribution in [1.29, 1.82) is 0 Å². The second-order valence-corrected chi connectivity index (χ2v) is 5.83. The number of hydrogen-bond acceptors (Lipinski definition) is 8. The first kappa shape index (κ1) is 20.0. The van der Waals surface area contributed by atoms with E-state index >= 15 is 0 Å². The molecule has 0 aliphatic carbocycles. The van der Waals surface area contributed by atoms with Crippen LogP contribution in [0.15, 0.2) is 21.8 Å². The Balaban J connectivity index is 2.73. The molecule has 10 heteroatoms. The summed E-state index contributed by atoms with van der Waals surface area (Å²) < 4.78 is 40.0. The molecule has 0 saturated heterocycles. The van der Waals surface area contributed by atoms with Crippen LogP contribution in [0.2, 0.25) is 0 Å². The minimum absolute atomic E-state index is 0.0556. The van der Waals surface area contributed by atoms with Crippen molar-refractivity contribution in [3.63, 3.8) is 0 Å². The van der Waals surface area contributed by atoms with Crippen molar-refractivity contribution in [1.82, 2.24) is 0 Å². The van der Waals surface area contributed by atoms with Crippen LogP contribution >= 0.6 is 15.9 Å². The van der Waals surface area contributed by atoms with Gasteiger partial charge in [0.25, 0.3) is 0 Å². The summed E-state index contributed by atoms with van der Waals surface area (Å²) >= 11 is 3.21. The third-order valence-corrected chi connectivity index (χ3v) is 4.23. The van der Waals surface area contributed by atoms with Crippen LogP contribution in [-0.2, 0) is 23.8 Å². The van der Waals surface area contributed by atoms with E-state index in [1.165, 1.54) is 39.4 Å². The fourth-order valence-corrected chi connectivity index (χ4v) is 3.04. The number of halogens is 2. The van der Waals surface area contributed by atoms with Gasteiger partial charge in [0.05, 0.1) is 50.8 Å². The Labute approximate surface area is 157 Å². The average Bonchev–Trinajstić information content (AvgIpc) is 2.66. The van der Waals surface area contributed by atoms with Crippen molar-refractivity contribution < 1.29 is 37.7 Å². The summed E-state index contributed by atoms with van der Waals surface area (Å²) in [5.74, 6) is -2.61. The molecule has 0 bridgehead atoms. The molecule has 0 N–H and O–H groups in total. The van der Waals surface area contributed by atoms with Crippen molar-refractivity contribution in [2.45, 2.75) is 0 Å². The Bertz CT molecular complexity index is 765. The van der Waals surface area contributed by atoms with Gasteiger partial charge in [0.2, 0.25) is 5.82 Å². The lowest BCUT2D eigenvalue weighted by molar-refractivity contribution is -0.140. The number of carbonyl (C=O) groups is 2. The summed E-state index contributed by atoms with van der Waals surface area (Å²) in [7, 11) is 4.91. The third kappa shape index (κ3) is 3.47. The zero-order valence-electron chi connectivity index (χ0n) is 14.6. The molecule has 0 radical (unpaired) electrons. The molecule has 2 rings (SSSR count). The van der Waals surface area contributed by atoms with E-state index in [2.05, 4.69) is 15.9 Å². The van der Waals surface area contributed by atoms with Crippen LogP contribution in [0.25, 0.3) is 0 Å². The average molecular weight is 434 g/mol. The number of hydrogen-bond donors (Lipinski definition) is 0. The molecular formula is C16H17BrFNO7. The Morgan fingerprint density at radius 2 is 1.73 bits per heavy atom. The van der Waals surface area contributed by atoms with Gasteiger partial charge in [0, 0.05) is 0 Å². The van der Waals surface area contributed by atoms with Crippen molar-refractivity contribution in [2.75, 3.05) is 46.7 Å². The first-order chi connectivity index (χ1) is 12.4. The van der Waals surface area contributed by atoms with Gasteiger partial charge < -0.3 is 28.6 Å². The van der Waals surface area contributed by atoms with E-state index in [4.69, 9.17) is 23.7 Å². The zero-order valence-corrected chi connectivity index (χ0v) is 16.1. The van der Waals surface area contributed by atoms with E-state index < -0.39 is 17.8 Å².